The number of nitrogens with zero attached hydrogens (tertiary/aromatic N) is 2. The van der Waals surface area contributed by atoms with Crippen LogP contribution in [0.1, 0.15) is 17.5 Å². The minimum Gasteiger partial charge on any atom is -0.379 e. The summed E-state index contributed by atoms with van der Waals surface area (Å²) in [6, 6.07) is 7.67. The number of benzene rings is 1. The van der Waals surface area contributed by atoms with Crippen LogP contribution in [0, 0.1) is 6.92 Å². The van der Waals surface area contributed by atoms with Gasteiger partial charge in [0.2, 0.25) is 0 Å². The van der Waals surface area contributed by atoms with E-state index in [4.69, 9.17) is 4.74 Å². The molecule has 1 heterocycles. The number of hydrazone groups is 1. The summed E-state index contributed by atoms with van der Waals surface area (Å²) >= 11 is 0. The average molecular weight is 332 g/mol. The van der Waals surface area contributed by atoms with Crippen molar-refractivity contribution in [2.75, 3.05) is 39.4 Å². The third kappa shape index (κ3) is 6.47. The van der Waals surface area contributed by atoms with Gasteiger partial charge in [-0.1, -0.05) is 29.8 Å². The molecule has 1 aliphatic rings. The van der Waals surface area contributed by atoms with Crippen LogP contribution >= 0.6 is 0 Å². The minimum absolute atomic E-state index is 0.464. The number of aryl methyl sites for hydroxylation is 1. The molecule has 1 aromatic carbocycles. The Hall–Kier alpha value is -2.25. The third-order valence-corrected chi connectivity index (χ3v) is 3.70. The maximum atomic E-state index is 11.7. The second-order valence-electron chi connectivity index (χ2n) is 5.67. The van der Waals surface area contributed by atoms with E-state index in [1.54, 1.807) is 0 Å². The smallest absolute Gasteiger partial charge is 0.329 e. The summed E-state index contributed by atoms with van der Waals surface area (Å²) in [4.78, 5) is 25.5. The topological polar surface area (TPSA) is 83.0 Å². The Kier molecular flexibility index (Phi) is 7.38. The van der Waals surface area contributed by atoms with E-state index in [0.717, 1.165) is 50.4 Å². The fourth-order valence-electron chi connectivity index (χ4n) is 2.28. The van der Waals surface area contributed by atoms with Gasteiger partial charge >= 0.3 is 11.8 Å². The largest absolute Gasteiger partial charge is 0.379 e. The van der Waals surface area contributed by atoms with Crippen molar-refractivity contribution in [3.63, 3.8) is 0 Å². The number of hydrogen-bond acceptors (Lipinski definition) is 5. The van der Waals surface area contributed by atoms with Crippen molar-refractivity contribution in [1.29, 1.82) is 0 Å². The number of carbonyl (C=O) groups excluding carboxylic acids is 2. The number of amides is 2. The molecule has 0 aromatic heterocycles. The highest BCUT2D eigenvalue weighted by molar-refractivity contribution is 6.35. The second-order valence-corrected chi connectivity index (χ2v) is 5.67. The Morgan fingerprint density at radius 3 is 2.62 bits per heavy atom. The predicted octanol–water partition coefficient (Wildman–Crippen LogP) is 0.284. The molecule has 1 saturated heterocycles. The molecule has 0 aliphatic carbocycles. The Morgan fingerprint density at radius 2 is 1.92 bits per heavy atom. The van der Waals surface area contributed by atoms with E-state index in [-0.39, 0.29) is 0 Å². The summed E-state index contributed by atoms with van der Waals surface area (Å²) in [5, 5.41) is 6.38. The van der Waals surface area contributed by atoms with Gasteiger partial charge in [0.05, 0.1) is 19.4 Å². The van der Waals surface area contributed by atoms with Crippen LogP contribution in [0.5, 0.6) is 0 Å². The molecule has 7 nitrogen and oxygen atoms in total. The number of nitrogens with one attached hydrogen (secondary N) is 2. The van der Waals surface area contributed by atoms with Crippen molar-refractivity contribution in [3.05, 3.63) is 35.4 Å². The van der Waals surface area contributed by atoms with Gasteiger partial charge in [0.1, 0.15) is 0 Å². The molecule has 0 radical (unpaired) electrons. The van der Waals surface area contributed by atoms with Gasteiger partial charge in [-0.3, -0.25) is 14.5 Å². The molecule has 7 heteroatoms. The molecule has 0 unspecified atom stereocenters. The zero-order chi connectivity index (χ0) is 17.2. The van der Waals surface area contributed by atoms with Crippen molar-refractivity contribution in [2.45, 2.75) is 13.3 Å². The highest BCUT2D eigenvalue weighted by atomic mass is 16.5. The summed E-state index contributed by atoms with van der Waals surface area (Å²) in [6.07, 6.45) is 2.30. The molecule has 1 fully saturated rings. The maximum absolute atomic E-state index is 11.7. The molecule has 2 rings (SSSR count). The lowest BCUT2D eigenvalue weighted by atomic mass is 10.2. The van der Waals surface area contributed by atoms with E-state index < -0.39 is 11.8 Å². The summed E-state index contributed by atoms with van der Waals surface area (Å²) in [5.41, 5.74) is 4.23. The fraction of sp³-hybridized carbons (Fsp3) is 0.471. The lowest BCUT2D eigenvalue weighted by molar-refractivity contribution is -0.139. The van der Waals surface area contributed by atoms with Gasteiger partial charge < -0.3 is 10.1 Å². The molecule has 2 amide bonds. The molecule has 0 saturated carbocycles. The Labute approximate surface area is 142 Å². The van der Waals surface area contributed by atoms with E-state index in [1.807, 2.05) is 31.2 Å². The highest BCUT2D eigenvalue weighted by Gasteiger charge is 2.13. The Balaban J connectivity index is 1.61. The Morgan fingerprint density at radius 1 is 1.21 bits per heavy atom. The molecule has 0 spiro atoms. The molecular formula is C17H24N4O3. The van der Waals surface area contributed by atoms with Crippen LogP contribution < -0.4 is 10.7 Å². The van der Waals surface area contributed by atoms with Gasteiger partial charge in [0.25, 0.3) is 0 Å². The van der Waals surface area contributed by atoms with Gasteiger partial charge in [-0.05, 0) is 25.5 Å². The number of morpholine rings is 1. The minimum atomic E-state index is -0.760. The van der Waals surface area contributed by atoms with Gasteiger partial charge in [0.15, 0.2) is 0 Å². The van der Waals surface area contributed by atoms with Crippen LogP contribution in [0.15, 0.2) is 29.4 Å². The summed E-state index contributed by atoms with van der Waals surface area (Å²) in [6.45, 7) is 6.69. The van der Waals surface area contributed by atoms with E-state index in [0.29, 0.717) is 6.54 Å². The SMILES string of the molecule is Cc1ccc(/C=N\NC(=O)C(=O)NCCCN2CCOCC2)cc1. The molecule has 0 atom stereocenters. The molecule has 1 aliphatic heterocycles. The van der Waals surface area contributed by atoms with Crippen molar-refractivity contribution < 1.29 is 14.3 Å². The molecular weight excluding hydrogens is 308 g/mol. The first-order valence-electron chi connectivity index (χ1n) is 8.13. The maximum Gasteiger partial charge on any atom is 0.329 e. The first kappa shape index (κ1) is 18.1. The fourth-order valence-corrected chi connectivity index (χ4v) is 2.28. The van der Waals surface area contributed by atoms with Crippen molar-refractivity contribution in [2.24, 2.45) is 5.10 Å². The Bertz CT molecular complexity index is 566. The molecule has 0 bridgehead atoms. The van der Waals surface area contributed by atoms with E-state index in [2.05, 4.69) is 20.7 Å². The monoisotopic (exact) mass is 332 g/mol. The highest BCUT2D eigenvalue weighted by Crippen LogP contribution is 2.00. The van der Waals surface area contributed by atoms with Crippen LogP contribution in [0.2, 0.25) is 0 Å². The first-order valence-corrected chi connectivity index (χ1v) is 8.13. The lowest BCUT2D eigenvalue weighted by Gasteiger charge is -2.26. The zero-order valence-corrected chi connectivity index (χ0v) is 14.0. The molecule has 24 heavy (non-hydrogen) atoms. The molecule has 2 N–H and O–H groups in total. The standard InChI is InChI=1S/C17H24N4O3/c1-14-3-5-15(6-4-14)13-19-20-17(23)16(22)18-7-2-8-21-9-11-24-12-10-21/h3-6,13H,2,7-12H2,1H3,(H,18,22)(H,20,23)/b19-13-. The predicted molar refractivity (Wildman–Crippen MR) is 91.8 cm³/mol. The van der Waals surface area contributed by atoms with Gasteiger partial charge in [0, 0.05) is 19.6 Å². The number of rotatable bonds is 6. The van der Waals surface area contributed by atoms with Gasteiger partial charge in [-0.15, -0.1) is 0 Å². The normalized spacial score (nSPS) is 15.4. The van der Waals surface area contributed by atoms with Crippen molar-refractivity contribution in [3.8, 4) is 0 Å². The second kappa shape index (κ2) is 9.79. The molecule has 1 aromatic rings. The van der Waals surface area contributed by atoms with Crippen molar-refractivity contribution in [1.82, 2.24) is 15.6 Å². The van der Waals surface area contributed by atoms with Crippen LogP contribution in [-0.2, 0) is 14.3 Å². The third-order valence-electron chi connectivity index (χ3n) is 3.70. The van der Waals surface area contributed by atoms with Crippen LogP contribution in [-0.4, -0.2) is 62.3 Å². The van der Waals surface area contributed by atoms with E-state index in [1.165, 1.54) is 6.21 Å². The van der Waals surface area contributed by atoms with Crippen LogP contribution in [0.4, 0.5) is 0 Å². The van der Waals surface area contributed by atoms with Crippen LogP contribution in [0.3, 0.4) is 0 Å². The summed E-state index contributed by atoms with van der Waals surface area (Å²) in [7, 11) is 0. The number of hydrogen-bond donors (Lipinski definition) is 2. The first-order chi connectivity index (χ1) is 11.6. The zero-order valence-electron chi connectivity index (χ0n) is 14.0. The van der Waals surface area contributed by atoms with Gasteiger partial charge in [-0.2, -0.15) is 5.10 Å². The summed E-state index contributed by atoms with van der Waals surface area (Å²) in [5.74, 6) is -1.43. The van der Waals surface area contributed by atoms with Crippen LogP contribution in [0.25, 0.3) is 0 Å². The molecule has 130 valence electrons. The quantitative estimate of drug-likeness (QED) is 0.339. The van der Waals surface area contributed by atoms with E-state index >= 15 is 0 Å². The van der Waals surface area contributed by atoms with Gasteiger partial charge in [-0.25, -0.2) is 5.43 Å². The van der Waals surface area contributed by atoms with Crippen molar-refractivity contribution >= 4 is 18.0 Å². The summed E-state index contributed by atoms with van der Waals surface area (Å²) < 4.78 is 5.27. The number of carbonyl (C=O) groups is 2. The number of ether oxygens (including phenoxy) is 1. The average Bonchev–Trinajstić information content (AvgIpc) is 2.61. The lowest BCUT2D eigenvalue weighted by Crippen LogP contribution is -2.40. The van der Waals surface area contributed by atoms with E-state index in [9.17, 15) is 9.59 Å².